The number of aliphatic carboxylic acids is 1. The molecule has 1 saturated heterocycles. The minimum absolute atomic E-state index is 0.0258. The third kappa shape index (κ3) is 12.0. The highest BCUT2D eigenvalue weighted by Gasteiger charge is 2.38. The Labute approximate surface area is 349 Å². The Kier molecular flexibility index (Phi) is 15.6. The second-order valence-corrected chi connectivity index (χ2v) is 15.2. The summed E-state index contributed by atoms with van der Waals surface area (Å²) in [5.41, 5.74) is 16.9. The third-order valence-electron chi connectivity index (χ3n) is 10.4. The molecule has 1 aliphatic rings. The number of unbranched alkanes of at least 4 members (excludes halogenated alkanes) is 2. The molecular formula is C39H51ClF3N12O5+. The SMILES string of the molecule is NCCCC[N+](CCCCN)(CCCC(=O)N1CCN(C(=O)c2ccc(NC(=O)c3ncc(Cc4c(C(F)(F)F)n[nH]c4-c4ccc(N)cn4)[nH]3)cc2Cl)CC1)CC(=O)O. The van der Waals surface area contributed by atoms with E-state index in [0.29, 0.717) is 62.4 Å². The Morgan fingerprint density at radius 1 is 0.900 bits per heavy atom. The van der Waals surface area contributed by atoms with Gasteiger partial charge >= 0.3 is 12.1 Å². The second-order valence-electron chi connectivity index (χ2n) is 14.8. The van der Waals surface area contributed by atoms with Crippen molar-refractivity contribution in [3.05, 3.63) is 76.1 Å². The summed E-state index contributed by atoms with van der Waals surface area (Å²) in [5, 5.41) is 18.3. The Hall–Kier alpha value is -5.57. The summed E-state index contributed by atoms with van der Waals surface area (Å²) >= 11 is 6.52. The van der Waals surface area contributed by atoms with Crippen LogP contribution in [0.5, 0.6) is 0 Å². The number of carbonyl (C=O) groups is 4. The number of aromatic amines is 2. The van der Waals surface area contributed by atoms with Gasteiger partial charge in [-0.2, -0.15) is 18.3 Å². The number of carbonyl (C=O) groups excluding carboxylic acids is 3. The van der Waals surface area contributed by atoms with Crippen LogP contribution in [0.25, 0.3) is 11.4 Å². The molecule has 1 aliphatic heterocycles. The quantitative estimate of drug-likeness (QED) is 0.0498. The number of aromatic nitrogens is 5. The lowest BCUT2D eigenvalue weighted by atomic mass is 10.0. The highest BCUT2D eigenvalue weighted by Crippen LogP contribution is 2.36. The van der Waals surface area contributed by atoms with E-state index in [9.17, 15) is 37.5 Å². The lowest BCUT2D eigenvalue weighted by Gasteiger charge is -2.38. The van der Waals surface area contributed by atoms with E-state index >= 15 is 0 Å². The molecule has 10 N–H and O–H groups in total. The number of carboxylic acids is 1. The number of carboxylic acid groups (broad SMARTS) is 1. The van der Waals surface area contributed by atoms with Crippen molar-refractivity contribution in [2.24, 2.45) is 11.5 Å². The first-order valence-corrected chi connectivity index (χ1v) is 20.1. The van der Waals surface area contributed by atoms with Crippen LogP contribution in [0.4, 0.5) is 24.5 Å². The van der Waals surface area contributed by atoms with Crippen LogP contribution < -0.4 is 22.5 Å². The number of alkyl halides is 3. The van der Waals surface area contributed by atoms with Crippen LogP contribution >= 0.6 is 11.6 Å². The number of piperazine rings is 1. The minimum Gasteiger partial charge on any atom is -0.477 e. The van der Waals surface area contributed by atoms with Gasteiger partial charge in [-0.3, -0.25) is 24.5 Å². The van der Waals surface area contributed by atoms with Crippen molar-refractivity contribution >= 4 is 46.7 Å². The van der Waals surface area contributed by atoms with Gasteiger partial charge in [0.05, 0.1) is 53.5 Å². The smallest absolute Gasteiger partial charge is 0.435 e. The molecule has 3 amide bonds. The van der Waals surface area contributed by atoms with E-state index in [4.69, 9.17) is 28.8 Å². The zero-order valence-corrected chi connectivity index (χ0v) is 33.8. The normalized spacial score (nSPS) is 13.4. The van der Waals surface area contributed by atoms with Gasteiger partial charge in [0.2, 0.25) is 5.91 Å². The molecule has 0 atom stereocenters. The summed E-state index contributed by atoms with van der Waals surface area (Å²) in [7, 11) is 0. The standard InChI is InChI=1S/C39H50ClF3N12O5/c40-30-21-26(50-37(59)36-48-23-27(49-36)20-29-34(31-10-7-25(46)22-47-31)51-52-35(29)39(41,42)43)8-9-28(30)38(60)54-15-13-53(14-16-54)32(56)6-5-19-55(24-33(57)58,17-3-1-11-44)18-4-2-12-45/h7-10,21-23H,1-6,11-20,24,44-45H2,(H5-,46,47,48,49,50,51,52,57,58,59,60)/p+1. The van der Waals surface area contributed by atoms with Crippen LogP contribution in [0, 0.1) is 0 Å². The van der Waals surface area contributed by atoms with Gasteiger partial charge < -0.3 is 46.9 Å². The molecule has 4 aromatic rings. The van der Waals surface area contributed by atoms with Crippen molar-refractivity contribution in [3.63, 3.8) is 0 Å². The number of anilines is 2. The summed E-state index contributed by atoms with van der Waals surface area (Å²) in [6.45, 7) is 4.10. The topological polar surface area (TPSA) is 255 Å². The number of hydrogen-bond donors (Lipinski definition) is 7. The highest BCUT2D eigenvalue weighted by molar-refractivity contribution is 6.34. The summed E-state index contributed by atoms with van der Waals surface area (Å²) in [5.74, 6) is -2.18. The number of nitrogens with zero attached hydrogens (tertiary/aromatic N) is 6. The zero-order valence-electron chi connectivity index (χ0n) is 33.1. The molecule has 1 fully saturated rings. The molecule has 3 aromatic heterocycles. The van der Waals surface area contributed by atoms with Gasteiger partial charge in [0.15, 0.2) is 18.1 Å². The van der Waals surface area contributed by atoms with Gasteiger partial charge in [-0.1, -0.05) is 11.6 Å². The number of nitrogens with two attached hydrogens (primary N) is 3. The zero-order chi connectivity index (χ0) is 43.5. The molecule has 0 bridgehead atoms. The number of benzene rings is 1. The van der Waals surface area contributed by atoms with E-state index < -0.39 is 23.7 Å². The van der Waals surface area contributed by atoms with Crippen molar-refractivity contribution in [1.82, 2.24) is 34.9 Å². The van der Waals surface area contributed by atoms with Crippen LogP contribution in [0.2, 0.25) is 5.02 Å². The average molecular weight is 860 g/mol. The van der Waals surface area contributed by atoms with Crippen molar-refractivity contribution in [1.29, 1.82) is 0 Å². The molecule has 60 heavy (non-hydrogen) atoms. The van der Waals surface area contributed by atoms with Gasteiger partial charge in [0.25, 0.3) is 11.8 Å². The van der Waals surface area contributed by atoms with Gasteiger partial charge in [-0.05, 0) is 69.1 Å². The van der Waals surface area contributed by atoms with Crippen molar-refractivity contribution in [2.75, 3.05) is 76.5 Å². The molecule has 5 rings (SSSR count). The van der Waals surface area contributed by atoms with Crippen LogP contribution in [0.1, 0.15) is 76.5 Å². The second kappa shape index (κ2) is 20.6. The van der Waals surface area contributed by atoms with Crippen LogP contribution in [0.3, 0.4) is 0 Å². The van der Waals surface area contributed by atoms with E-state index in [2.05, 4.69) is 30.5 Å². The lowest BCUT2D eigenvalue weighted by Crippen LogP contribution is -2.54. The molecule has 324 valence electrons. The van der Waals surface area contributed by atoms with Crippen molar-refractivity contribution in [3.8, 4) is 11.4 Å². The predicted molar refractivity (Wildman–Crippen MR) is 218 cm³/mol. The van der Waals surface area contributed by atoms with E-state index in [0.717, 1.165) is 25.7 Å². The average Bonchev–Trinajstić information content (AvgIpc) is 3.86. The summed E-state index contributed by atoms with van der Waals surface area (Å²) in [6, 6.07) is 7.32. The van der Waals surface area contributed by atoms with E-state index in [1.54, 1.807) is 9.80 Å². The van der Waals surface area contributed by atoms with Gasteiger partial charge in [-0.15, -0.1) is 0 Å². The predicted octanol–water partition coefficient (Wildman–Crippen LogP) is 3.74. The molecule has 1 aromatic carbocycles. The Bertz CT molecular complexity index is 2090. The number of imidazole rings is 1. The highest BCUT2D eigenvalue weighted by atomic mass is 35.5. The number of hydrogen-bond acceptors (Lipinski definition) is 10. The van der Waals surface area contributed by atoms with E-state index in [-0.39, 0.29) is 89.0 Å². The first-order chi connectivity index (χ1) is 28.6. The number of nitrogen functional groups attached to an aromatic ring is 1. The van der Waals surface area contributed by atoms with Gasteiger partial charge in [-0.25, -0.2) is 9.78 Å². The Balaban J connectivity index is 1.14. The molecule has 0 saturated carbocycles. The van der Waals surface area contributed by atoms with Gasteiger partial charge in [0.1, 0.15) is 0 Å². The Morgan fingerprint density at radius 3 is 2.17 bits per heavy atom. The number of rotatable bonds is 20. The molecule has 0 aliphatic carbocycles. The Morgan fingerprint density at radius 2 is 1.57 bits per heavy atom. The molecule has 4 heterocycles. The number of halogens is 4. The number of amides is 3. The summed E-state index contributed by atoms with van der Waals surface area (Å²) in [6.07, 6.45) is 1.43. The van der Waals surface area contributed by atoms with Crippen LogP contribution in [-0.4, -0.2) is 134 Å². The molecular weight excluding hydrogens is 809 g/mol. The first-order valence-electron chi connectivity index (χ1n) is 19.7. The largest absolute Gasteiger partial charge is 0.477 e. The van der Waals surface area contributed by atoms with E-state index in [1.165, 1.54) is 42.7 Å². The van der Waals surface area contributed by atoms with Crippen molar-refractivity contribution in [2.45, 2.75) is 51.1 Å². The maximum Gasteiger partial charge on any atom is 0.435 e. The fourth-order valence-electron chi connectivity index (χ4n) is 7.34. The minimum atomic E-state index is -4.77. The van der Waals surface area contributed by atoms with Gasteiger partial charge in [0, 0.05) is 68.6 Å². The number of H-pyrrole nitrogens is 2. The fraction of sp³-hybridized carbons (Fsp3) is 0.462. The number of quaternary nitrogens is 1. The number of nitrogens with one attached hydrogen (secondary N) is 3. The summed E-state index contributed by atoms with van der Waals surface area (Å²) in [4.78, 5) is 65.8. The molecule has 21 heteroatoms. The first kappa shape index (κ1) is 45.5. The molecule has 0 unspecified atom stereocenters. The maximum atomic E-state index is 13.9. The van der Waals surface area contributed by atoms with Crippen molar-refractivity contribution < 1.29 is 41.9 Å². The van der Waals surface area contributed by atoms with E-state index in [1.807, 2.05) is 0 Å². The number of pyridine rings is 1. The lowest BCUT2D eigenvalue weighted by molar-refractivity contribution is -0.922. The third-order valence-corrected chi connectivity index (χ3v) is 10.7. The molecule has 0 radical (unpaired) electrons. The molecule has 0 spiro atoms. The summed E-state index contributed by atoms with van der Waals surface area (Å²) < 4.78 is 42.0. The monoisotopic (exact) mass is 859 g/mol. The van der Waals surface area contributed by atoms with Crippen LogP contribution in [-0.2, 0) is 22.2 Å². The van der Waals surface area contributed by atoms with Crippen LogP contribution in [0.15, 0.2) is 42.7 Å². The maximum absolute atomic E-state index is 13.9. The molecule has 17 nitrogen and oxygen atoms in total. The fourth-order valence-corrected chi connectivity index (χ4v) is 7.61.